The number of amides is 1. The number of rotatable bonds is 16. The SMILES string of the molecule is C=CC(=O)NC(C)(C)C.CC(C)(C)N1CC1.CC(C)(C)OS(C)(=O)=O.CCCCOCC(O)COc1ccc(C2(c3ccc(OCC(O)CC)cc3)c3ccccc3-c3ccccc32)cc1. The van der Waals surface area contributed by atoms with E-state index in [4.69, 9.17) is 14.2 Å². The van der Waals surface area contributed by atoms with Gasteiger partial charge in [-0.15, -0.1) is 0 Å². The summed E-state index contributed by atoms with van der Waals surface area (Å²) < 4.78 is 42.8. The number of nitrogens with one attached hydrogen (secondary N) is 1. The summed E-state index contributed by atoms with van der Waals surface area (Å²) in [5.74, 6) is 1.31. The van der Waals surface area contributed by atoms with Crippen LogP contribution in [0.3, 0.4) is 0 Å². The Hall–Kier alpha value is -4.56. The van der Waals surface area contributed by atoms with Crippen molar-refractivity contribution >= 4 is 16.0 Å². The average molecular weight is 931 g/mol. The molecule has 2 aliphatic rings. The van der Waals surface area contributed by atoms with E-state index < -0.39 is 33.3 Å². The van der Waals surface area contributed by atoms with Crippen LogP contribution in [-0.4, -0.2) is 104 Å². The van der Waals surface area contributed by atoms with E-state index in [0.717, 1.165) is 36.0 Å². The molecule has 0 aromatic heterocycles. The predicted octanol–water partition coefficient (Wildman–Crippen LogP) is 9.70. The molecular weight excluding hydrogens is 853 g/mol. The summed E-state index contributed by atoms with van der Waals surface area (Å²) in [7, 11) is -3.28. The van der Waals surface area contributed by atoms with E-state index in [-0.39, 0.29) is 31.3 Å². The average Bonchev–Trinajstić information content (AvgIpc) is 4.07. The van der Waals surface area contributed by atoms with Crippen LogP contribution in [0, 0.1) is 0 Å². The van der Waals surface area contributed by atoms with Gasteiger partial charge in [-0.1, -0.05) is 99.6 Å². The second-order valence-corrected chi connectivity index (χ2v) is 21.2. The van der Waals surface area contributed by atoms with Crippen LogP contribution in [0.25, 0.3) is 11.1 Å². The molecule has 1 heterocycles. The minimum absolute atomic E-state index is 0.123. The molecule has 1 fully saturated rings. The molecule has 0 radical (unpaired) electrons. The molecular formula is C54H78N2O9S. The fraction of sp³-hybridized carbons (Fsp3) is 0.500. The lowest BCUT2D eigenvalue weighted by molar-refractivity contribution is -0.117. The van der Waals surface area contributed by atoms with E-state index in [2.05, 4.69) is 121 Å². The van der Waals surface area contributed by atoms with Gasteiger partial charge in [0.1, 0.15) is 30.8 Å². The lowest BCUT2D eigenvalue weighted by Gasteiger charge is -2.34. The van der Waals surface area contributed by atoms with Crippen LogP contribution in [0.2, 0.25) is 0 Å². The van der Waals surface area contributed by atoms with Crippen LogP contribution < -0.4 is 14.8 Å². The number of hydrogen-bond donors (Lipinski definition) is 3. The highest BCUT2D eigenvalue weighted by Crippen LogP contribution is 2.56. The Balaban J connectivity index is 0.000000374. The van der Waals surface area contributed by atoms with Crippen LogP contribution in [0.1, 0.15) is 118 Å². The zero-order chi connectivity index (χ0) is 49.3. The van der Waals surface area contributed by atoms with Crippen molar-refractivity contribution in [2.24, 2.45) is 0 Å². The summed E-state index contributed by atoms with van der Waals surface area (Å²) in [6, 6.07) is 33.7. The molecule has 0 spiro atoms. The molecule has 0 bridgehead atoms. The number of unbranched alkanes of at least 4 members (excludes halogenated alkanes) is 1. The zero-order valence-corrected chi connectivity index (χ0v) is 42.5. The Labute approximate surface area is 396 Å². The van der Waals surface area contributed by atoms with Gasteiger partial charge in [0, 0.05) is 30.8 Å². The van der Waals surface area contributed by atoms with Gasteiger partial charge in [-0.3, -0.25) is 13.9 Å². The fourth-order valence-corrected chi connectivity index (χ4v) is 8.15. The van der Waals surface area contributed by atoms with E-state index in [1.165, 1.54) is 41.4 Å². The highest BCUT2D eigenvalue weighted by molar-refractivity contribution is 7.86. The van der Waals surface area contributed by atoms with Gasteiger partial charge in [0.15, 0.2) is 0 Å². The second-order valence-electron chi connectivity index (χ2n) is 19.7. The molecule has 364 valence electrons. The lowest BCUT2D eigenvalue weighted by Crippen LogP contribution is -2.39. The quantitative estimate of drug-likeness (QED) is 0.0379. The van der Waals surface area contributed by atoms with Gasteiger partial charge in [0.25, 0.3) is 10.1 Å². The number of hydrogen-bond acceptors (Lipinski definition) is 10. The largest absolute Gasteiger partial charge is 0.491 e. The minimum Gasteiger partial charge on any atom is -0.491 e. The maximum atomic E-state index is 10.6. The van der Waals surface area contributed by atoms with Gasteiger partial charge in [-0.05, 0) is 139 Å². The number of carbonyl (C=O) groups excluding carboxylic acids is 1. The summed E-state index contributed by atoms with van der Waals surface area (Å²) in [5, 5.41) is 22.9. The van der Waals surface area contributed by atoms with Gasteiger partial charge in [0.2, 0.25) is 5.91 Å². The summed E-state index contributed by atoms with van der Waals surface area (Å²) in [4.78, 5) is 13.0. The van der Waals surface area contributed by atoms with Gasteiger partial charge < -0.3 is 29.7 Å². The first kappa shape index (κ1) is 55.8. The zero-order valence-electron chi connectivity index (χ0n) is 41.6. The van der Waals surface area contributed by atoms with E-state index in [1.54, 1.807) is 20.8 Å². The summed E-state index contributed by atoms with van der Waals surface area (Å²) in [5.41, 5.74) is 6.32. The molecule has 0 saturated carbocycles. The van der Waals surface area contributed by atoms with Crippen LogP contribution >= 0.6 is 0 Å². The molecule has 1 saturated heterocycles. The van der Waals surface area contributed by atoms with Crippen molar-refractivity contribution in [1.82, 2.24) is 10.2 Å². The van der Waals surface area contributed by atoms with Crippen molar-refractivity contribution in [1.29, 1.82) is 0 Å². The first-order valence-corrected chi connectivity index (χ1v) is 24.9. The van der Waals surface area contributed by atoms with Crippen LogP contribution in [0.4, 0.5) is 0 Å². The first-order chi connectivity index (χ1) is 30.8. The number of ether oxygens (including phenoxy) is 3. The number of benzene rings is 4. The highest BCUT2D eigenvalue weighted by Gasteiger charge is 2.46. The monoisotopic (exact) mass is 931 g/mol. The molecule has 1 aliphatic carbocycles. The Kier molecular flexibility index (Phi) is 21.1. The molecule has 1 aliphatic heterocycles. The molecule has 4 aromatic carbocycles. The Morgan fingerprint density at radius 3 is 1.52 bits per heavy atom. The maximum Gasteiger partial charge on any atom is 0.264 e. The van der Waals surface area contributed by atoms with Crippen molar-refractivity contribution in [3.05, 3.63) is 132 Å². The summed E-state index contributed by atoms with van der Waals surface area (Å²) in [6.07, 6.45) is 3.86. The summed E-state index contributed by atoms with van der Waals surface area (Å²) in [6.45, 7) is 29.0. The van der Waals surface area contributed by atoms with Gasteiger partial charge in [0.05, 0.1) is 30.0 Å². The predicted molar refractivity (Wildman–Crippen MR) is 268 cm³/mol. The third kappa shape index (κ3) is 18.3. The maximum absolute atomic E-state index is 10.6. The first-order valence-electron chi connectivity index (χ1n) is 23.0. The number of aliphatic hydroxyl groups excluding tert-OH is 2. The topological polar surface area (TPSA) is 144 Å². The molecule has 1 amide bonds. The van der Waals surface area contributed by atoms with E-state index in [0.29, 0.717) is 24.3 Å². The van der Waals surface area contributed by atoms with Crippen molar-refractivity contribution in [3.8, 4) is 22.6 Å². The van der Waals surface area contributed by atoms with Gasteiger partial charge >= 0.3 is 0 Å². The van der Waals surface area contributed by atoms with Gasteiger partial charge in [-0.25, -0.2) is 0 Å². The number of carbonyl (C=O) groups is 1. The number of aliphatic hydroxyl groups is 2. The molecule has 2 unspecified atom stereocenters. The second kappa shape index (κ2) is 25.0. The molecule has 4 aromatic rings. The molecule has 6 rings (SSSR count). The minimum atomic E-state index is -3.28. The number of fused-ring (bicyclic) bond motifs is 3. The molecule has 3 N–H and O–H groups in total. The molecule has 66 heavy (non-hydrogen) atoms. The Morgan fingerprint density at radius 1 is 0.742 bits per heavy atom. The Morgan fingerprint density at radius 2 is 1.20 bits per heavy atom. The summed E-state index contributed by atoms with van der Waals surface area (Å²) >= 11 is 0. The standard InChI is InChI=1S/C36H40O5.C7H13NO.C6H13N.C5H12O3S/c1-3-5-22-39-23-29(38)25-41-31-20-16-27(17-21-31)36(26-14-18-30(19-15-26)40-24-28(37)4-2)34-12-8-6-10-32(34)33-11-7-9-13-35(33)36;1-5-6(9)8-7(2,3)4;1-6(2,3)7-4-5-7;1-5(2,3)8-9(4,6)7/h6-21,28-29,37-38H,3-5,22-25H2,1-2H3;5H,1H2,2-4H3,(H,8,9);4-5H2,1-3H3;1-4H3. The molecule has 12 heteroatoms. The van der Waals surface area contributed by atoms with Crippen molar-refractivity contribution in [2.75, 3.05) is 45.8 Å². The van der Waals surface area contributed by atoms with Crippen molar-refractivity contribution < 1.29 is 41.8 Å². The van der Waals surface area contributed by atoms with E-state index >= 15 is 0 Å². The molecule has 2 atom stereocenters. The van der Waals surface area contributed by atoms with Gasteiger partial charge in [-0.2, -0.15) is 8.42 Å². The van der Waals surface area contributed by atoms with Crippen LogP contribution in [0.5, 0.6) is 11.5 Å². The lowest BCUT2D eigenvalue weighted by atomic mass is 9.68. The number of nitrogens with zero attached hydrogens (tertiary/aromatic N) is 1. The third-order valence-electron chi connectivity index (χ3n) is 10.3. The highest BCUT2D eigenvalue weighted by atomic mass is 32.2. The molecule has 11 nitrogen and oxygen atoms in total. The smallest absolute Gasteiger partial charge is 0.264 e. The fourth-order valence-electron chi connectivity index (χ4n) is 7.24. The third-order valence-corrected chi connectivity index (χ3v) is 11.1. The van der Waals surface area contributed by atoms with Crippen molar-refractivity contribution in [3.63, 3.8) is 0 Å². The Bertz CT molecular complexity index is 2150. The normalized spacial score (nSPS) is 14.8. The van der Waals surface area contributed by atoms with Crippen LogP contribution in [0.15, 0.2) is 110 Å². The van der Waals surface area contributed by atoms with E-state index in [1.807, 2.05) is 52.0 Å². The van der Waals surface area contributed by atoms with Crippen molar-refractivity contribution in [2.45, 2.75) is 130 Å². The van der Waals surface area contributed by atoms with Crippen LogP contribution in [-0.2, 0) is 29.2 Å². The van der Waals surface area contributed by atoms with E-state index in [9.17, 15) is 23.4 Å².